The van der Waals surface area contributed by atoms with E-state index in [0.29, 0.717) is 6.42 Å². The van der Waals surface area contributed by atoms with Gasteiger partial charge >= 0.3 is 0 Å². The Hall–Kier alpha value is -2.49. The zero-order valence-electron chi connectivity index (χ0n) is 17.8. The van der Waals surface area contributed by atoms with E-state index in [1.807, 2.05) is 30.0 Å². The molecule has 1 aliphatic rings. The fraction of sp³-hybridized carbons (Fsp3) is 0.458. The number of amides is 1. The van der Waals surface area contributed by atoms with E-state index < -0.39 is 6.10 Å². The standard InChI is InChI=1S/C24H32N2O2/c1-6-23(28-21-11-10-17(2)19(4)16-21)24(27)26-14-12-25(13-15-26)22-9-7-8-18(3)20(22)5/h7-11,16,23H,6,12-15H2,1-5H3/t23-/m1/s1. The Labute approximate surface area is 169 Å². The van der Waals surface area contributed by atoms with Crippen molar-refractivity contribution in [2.24, 2.45) is 0 Å². The van der Waals surface area contributed by atoms with Crippen molar-refractivity contribution in [2.75, 3.05) is 31.1 Å². The summed E-state index contributed by atoms with van der Waals surface area (Å²) < 4.78 is 6.06. The van der Waals surface area contributed by atoms with Crippen molar-refractivity contribution in [3.63, 3.8) is 0 Å². The fourth-order valence-corrected chi connectivity index (χ4v) is 3.71. The number of ether oxygens (including phenoxy) is 1. The summed E-state index contributed by atoms with van der Waals surface area (Å²) in [5, 5.41) is 0. The SMILES string of the molecule is CC[C@@H](Oc1ccc(C)c(C)c1)C(=O)N1CCN(c2cccc(C)c2C)CC1. The largest absolute Gasteiger partial charge is 0.481 e. The fourth-order valence-electron chi connectivity index (χ4n) is 3.71. The van der Waals surface area contributed by atoms with Gasteiger partial charge in [-0.1, -0.05) is 25.1 Å². The lowest BCUT2D eigenvalue weighted by Crippen LogP contribution is -2.52. The quantitative estimate of drug-likeness (QED) is 0.769. The highest BCUT2D eigenvalue weighted by Crippen LogP contribution is 2.24. The summed E-state index contributed by atoms with van der Waals surface area (Å²) in [6.45, 7) is 13.7. The van der Waals surface area contributed by atoms with Gasteiger partial charge in [-0.2, -0.15) is 0 Å². The molecule has 0 aromatic heterocycles. The van der Waals surface area contributed by atoms with Crippen molar-refractivity contribution in [3.05, 3.63) is 58.7 Å². The van der Waals surface area contributed by atoms with Crippen LogP contribution in [0.4, 0.5) is 5.69 Å². The Kier molecular flexibility index (Phi) is 6.28. The smallest absolute Gasteiger partial charge is 0.263 e. The molecule has 2 aromatic rings. The lowest BCUT2D eigenvalue weighted by atomic mass is 10.1. The minimum atomic E-state index is -0.422. The number of piperazine rings is 1. The molecular weight excluding hydrogens is 348 g/mol. The van der Waals surface area contributed by atoms with Crippen molar-refractivity contribution < 1.29 is 9.53 Å². The maximum absolute atomic E-state index is 13.0. The van der Waals surface area contributed by atoms with Crippen LogP contribution in [0.5, 0.6) is 5.75 Å². The number of hydrogen-bond donors (Lipinski definition) is 0. The zero-order valence-corrected chi connectivity index (χ0v) is 17.8. The molecule has 1 saturated heterocycles. The average molecular weight is 381 g/mol. The Morgan fingerprint density at radius 3 is 2.32 bits per heavy atom. The number of anilines is 1. The molecular formula is C24H32N2O2. The summed E-state index contributed by atoms with van der Waals surface area (Å²) in [5.74, 6) is 0.874. The first-order chi connectivity index (χ1) is 13.4. The zero-order chi connectivity index (χ0) is 20.3. The predicted molar refractivity (Wildman–Crippen MR) is 115 cm³/mol. The molecule has 0 radical (unpaired) electrons. The number of rotatable bonds is 5. The third-order valence-corrected chi connectivity index (χ3v) is 5.91. The minimum Gasteiger partial charge on any atom is -0.481 e. The van der Waals surface area contributed by atoms with Crippen molar-refractivity contribution >= 4 is 11.6 Å². The van der Waals surface area contributed by atoms with Gasteiger partial charge in [0.25, 0.3) is 5.91 Å². The van der Waals surface area contributed by atoms with Gasteiger partial charge in [0.15, 0.2) is 6.10 Å². The van der Waals surface area contributed by atoms with E-state index >= 15 is 0 Å². The number of benzene rings is 2. The minimum absolute atomic E-state index is 0.0985. The van der Waals surface area contributed by atoms with Crippen LogP contribution >= 0.6 is 0 Å². The lowest BCUT2D eigenvalue weighted by Gasteiger charge is -2.38. The molecule has 4 nitrogen and oxygen atoms in total. The Bertz CT molecular complexity index is 838. The van der Waals surface area contributed by atoms with Crippen molar-refractivity contribution in [2.45, 2.75) is 47.1 Å². The summed E-state index contributed by atoms with van der Waals surface area (Å²) in [5.41, 5.74) is 6.33. The molecule has 0 saturated carbocycles. The Morgan fingerprint density at radius 2 is 1.68 bits per heavy atom. The highest BCUT2D eigenvalue weighted by Gasteiger charge is 2.28. The first-order valence-electron chi connectivity index (χ1n) is 10.2. The van der Waals surface area contributed by atoms with Crippen LogP contribution in [0.15, 0.2) is 36.4 Å². The molecule has 2 aromatic carbocycles. The van der Waals surface area contributed by atoms with Crippen LogP contribution in [-0.2, 0) is 4.79 Å². The number of aryl methyl sites for hydroxylation is 3. The van der Waals surface area contributed by atoms with Gasteiger partial charge in [0.05, 0.1) is 0 Å². The van der Waals surface area contributed by atoms with Crippen LogP contribution in [0.1, 0.15) is 35.6 Å². The highest BCUT2D eigenvalue weighted by atomic mass is 16.5. The second-order valence-electron chi connectivity index (χ2n) is 7.79. The predicted octanol–water partition coefficient (Wildman–Crippen LogP) is 4.43. The van der Waals surface area contributed by atoms with Gasteiger partial charge in [-0.3, -0.25) is 4.79 Å². The van der Waals surface area contributed by atoms with E-state index in [1.165, 1.54) is 27.9 Å². The first kappa shape index (κ1) is 20.2. The van der Waals surface area contributed by atoms with E-state index in [9.17, 15) is 4.79 Å². The average Bonchev–Trinajstić information content (AvgIpc) is 2.70. The van der Waals surface area contributed by atoms with Crippen LogP contribution in [0.3, 0.4) is 0 Å². The van der Waals surface area contributed by atoms with Gasteiger partial charge in [0.2, 0.25) is 0 Å². The maximum Gasteiger partial charge on any atom is 0.263 e. The lowest BCUT2D eigenvalue weighted by molar-refractivity contribution is -0.139. The molecule has 1 atom stereocenters. The summed E-state index contributed by atoms with van der Waals surface area (Å²) in [6, 6.07) is 12.5. The summed E-state index contributed by atoms with van der Waals surface area (Å²) in [4.78, 5) is 17.4. The van der Waals surface area contributed by atoms with Gasteiger partial charge < -0.3 is 14.5 Å². The van der Waals surface area contributed by atoms with Crippen molar-refractivity contribution in [3.8, 4) is 5.75 Å². The topological polar surface area (TPSA) is 32.8 Å². The molecule has 150 valence electrons. The van der Waals surface area contributed by atoms with Crippen LogP contribution in [0, 0.1) is 27.7 Å². The van der Waals surface area contributed by atoms with E-state index in [0.717, 1.165) is 31.9 Å². The van der Waals surface area contributed by atoms with E-state index in [1.54, 1.807) is 0 Å². The molecule has 1 heterocycles. The number of carbonyl (C=O) groups excluding carboxylic acids is 1. The second kappa shape index (κ2) is 8.68. The van der Waals surface area contributed by atoms with Gasteiger partial charge in [-0.25, -0.2) is 0 Å². The van der Waals surface area contributed by atoms with E-state index in [-0.39, 0.29) is 5.91 Å². The monoisotopic (exact) mass is 380 g/mol. The molecule has 1 aliphatic heterocycles. The molecule has 1 amide bonds. The molecule has 3 rings (SSSR count). The van der Waals surface area contributed by atoms with Crippen LogP contribution in [0.2, 0.25) is 0 Å². The Morgan fingerprint density at radius 1 is 0.964 bits per heavy atom. The molecule has 0 bridgehead atoms. The van der Waals surface area contributed by atoms with Gasteiger partial charge in [0.1, 0.15) is 5.75 Å². The third-order valence-electron chi connectivity index (χ3n) is 5.91. The van der Waals surface area contributed by atoms with E-state index in [4.69, 9.17) is 4.74 Å². The van der Waals surface area contributed by atoms with Crippen LogP contribution in [0.25, 0.3) is 0 Å². The third kappa shape index (κ3) is 4.32. The number of nitrogens with zero attached hydrogens (tertiary/aromatic N) is 2. The van der Waals surface area contributed by atoms with E-state index in [2.05, 4.69) is 50.8 Å². The van der Waals surface area contributed by atoms with Gasteiger partial charge in [-0.15, -0.1) is 0 Å². The molecule has 0 spiro atoms. The maximum atomic E-state index is 13.0. The molecule has 4 heteroatoms. The summed E-state index contributed by atoms with van der Waals surface area (Å²) >= 11 is 0. The Balaban J connectivity index is 1.63. The number of hydrogen-bond acceptors (Lipinski definition) is 3. The van der Waals surface area contributed by atoms with Crippen LogP contribution in [-0.4, -0.2) is 43.1 Å². The van der Waals surface area contributed by atoms with Gasteiger partial charge in [-0.05, 0) is 74.6 Å². The highest BCUT2D eigenvalue weighted by molar-refractivity contribution is 5.81. The molecule has 1 fully saturated rings. The molecule has 0 aliphatic carbocycles. The van der Waals surface area contributed by atoms with Crippen molar-refractivity contribution in [1.29, 1.82) is 0 Å². The van der Waals surface area contributed by atoms with Gasteiger partial charge in [0, 0.05) is 31.9 Å². The number of carbonyl (C=O) groups is 1. The first-order valence-corrected chi connectivity index (χ1v) is 10.2. The summed E-state index contributed by atoms with van der Waals surface area (Å²) in [6.07, 6.45) is 0.248. The molecule has 28 heavy (non-hydrogen) atoms. The van der Waals surface area contributed by atoms with Crippen molar-refractivity contribution in [1.82, 2.24) is 4.90 Å². The normalized spacial score (nSPS) is 15.5. The second-order valence-corrected chi connectivity index (χ2v) is 7.79. The summed E-state index contributed by atoms with van der Waals surface area (Å²) in [7, 11) is 0. The molecule has 0 unspecified atom stereocenters. The van der Waals surface area contributed by atoms with Crippen LogP contribution < -0.4 is 9.64 Å². The molecule has 0 N–H and O–H groups in total.